The number of aliphatic imine (C=N–C) groups is 1. The zero-order chi connectivity index (χ0) is 21.1. The van der Waals surface area contributed by atoms with Crippen LogP contribution in [0.25, 0.3) is 6.08 Å². The van der Waals surface area contributed by atoms with Crippen molar-refractivity contribution in [3.63, 3.8) is 0 Å². The second-order valence-electron chi connectivity index (χ2n) is 6.38. The minimum absolute atomic E-state index is 0.192. The lowest BCUT2D eigenvalue weighted by Gasteiger charge is -2.10. The Morgan fingerprint density at radius 1 is 1.10 bits per heavy atom. The second-order valence-corrected chi connectivity index (χ2v) is 8.89. The third-order valence-corrected chi connectivity index (χ3v) is 6.11. The van der Waals surface area contributed by atoms with Gasteiger partial charge < -0.3 is 9.47 Å². The van der Waals surface area contributed by atoms with Crippen LogP contribution >= 0.6 is 50.1 Å². The number of nitrogens with zero attached hydrogens (tertiary/aromatic N) is 1. The molecule has 0 aromatic heterocycles. The molecule has 0 saturated carbocycles. The van der Waals surface area contributed by atoms with Gasteiger partial charge in [0.05, 0.1) is 10.6 Å². The number of carbonyl (C=O) groups excluding carboxylic acids is 1. The molecule has 0 aliphatic carbocycles. The summed E-state index contributed by atoms with van der Waals surface area (Å²) in [7, 11) is 0. The van der Waals surface area contributed by atoms with Gasteiger partial charge in [0, 0.05) is 19.2 Å². The van der Waals surface area contributed by atoms with Crippen molar-refractivity contribution in [2.75, 3.05) is 0 Å². The van der Waals surface area contributed by atoms with Crippen molar-refractivity contribution in [3.8, 4) is 5.75 Å². The van der Waals surface area contributed by atoms with Crippen molar-refractivity contribution >= 4 is 68.1 Å². The largest absolute Gasteiger partial charge is 0.488 e. The highest BCUT2D eigenvalue weighted by Crippen LogP contribution is 2.28. The molecule has 7 heteroatoms. The molecule has 1 aliphatic rings. The number of ether oxygens (including phenoxy) is 2. The summed E-state index contributed by atoms with van der Waals surface area (Å²) in [5, 5.41) is 0.473. The number of cyclic esters (lactones) is 1. The molecule has 4 rings (SSSR count). The minimum Gasteiger partial charge on any atom is -0.488 e. The highest BCUT2D eigenvalue weighted by atomic mass is 127. The number of hydrogen-bond acceptors (Lipinski definition) is 4. The highest BCUT2D eigenvalue weighted by Gasteiger charge is 2.26. The normalized spacial score (nSPS) is 14.6. The molecular weight excluding hydrogens is 581 g/mol. The molecule has 0 saturated heterocycles. The van der Waals surface area contributed by atoms with Gasteiger partial charge in [0.25, 0.3) is 0 Å². The standard InChI is InChI=1S/C23H14BrClINO3/c24-18-7-3-1-6-15(18)13-29-21-8-4-2-5-14(21)11-20-23(28)30-22(27-20)17-12-16(26)9-10-19(17)25/h1-12H,13H2/b20-11-. The molecule has 0 amide bonds. The van der Waals surface area contributed by atoms with Crippen molar-refractivity contribution < 1.29 is 14.3 Å². The van der Waals surface area contributed by atoms with E-state index in [1.807, 2.05) is 60.7 Å². The Balaban J connectivity index is 1.62. The van der Waals surface area contributed by atoms with Gasteiger partial charge in [-0.05, 0) is 59.0 Å². The minimum atomic E-state index is -0.527. The molecule has 30 heavy (non-hydrogen) atoms. The van der Waals surface area contributed by atoms with Crippen molar-refractivity contribution in [1.29, 1.82) is 0 Å². The number of hydrogen-bond donors (Lipinski definition) is 0. The summed E-state index contributed by atoms with van der Waals surface area (Å²) in [4.78, 5) is 16.8. The van der Waals surface area contributed by atoms with E-state index in [9.17, 15) is 4.79 Å². The van der Waals surface area contributed by atoms with E-state index in [1.54, 1.807) is 12.1 Å². The van der Waals surface area contributed by atoms with Gasteiger partial charge in [0.2, 0.25) is 5.90 Å². The molecule has 0 atom stereocenters. The van der Waals surface area contributed by atoms with E-state index in [4.69, 9.17) is 21.1 Å². The van der Waals surface area contributed by atoms with Crippen LogP contribution in [0.3, 0.4) is 0 Å². The lowest BCUT2D eigenvalue weighted by atomic mass is 10.1. The quantitative estimate of drug-likeness (QED) is 0.189. The van der Waals surface area contributed by atoms with Crippen molar-refractivity contribution in [2.24, 2.45) is 4.99 Å². The van der Waals surface area contributed by atoms with E-state index < -0.39 is 5.97 Å². The van der Waals surface area contributed by atoms with Crippen LogP contribution in [-0.2, 0) is 16.1 Å². The molecule has 150 valence electrons. The summed E-state index contributed by atoms with van der Waals surface area (Å²) in [5.74, 6) is 0.311. The van der Waals surface area contributed by atoms with Gasteiger partial charge in [0.15, 0.2) is 5.70 Å². The number of esters is 1. The number of para-hydroxylation sites is 1. The third-order valence-electron chi connectivity index (χ3n) is 4.33. The zero-order valence-electron chi connectivity index (χ0n) is 15.4. The maximum atomic E-state index is 12.4. The lowest BCUT2D eigenvalue weighted by molar-refractivity contribution is -0.129. The van der Waals surface area contributed by atoms with Crippen LogP contribution in [0.5, 0.6) is 5.75 Å². The fraction of sp³-hybridized carbons (Fsp3) is 0.0435. The van der Waals surface area contributed by atoms with Crippen LogP contribution in [-0.4, -0.2) is 11.9 Å². The topological polar surface area (TPSA) is 47.9 Å². The van der Waals surface area contributed by atoms with E-state index in [0.29, 0.717) is 22.9 Å². The predicted octanol–water partition coefficient (Wildman–Crippen LogP) is 6.63. The van der Waals surface area contributed by atoms with Gasteiger partial charge in [-0.1, -0.05) is 63.9 Å². The first-order chi connectivity index (χ1) is 14.5. The summed E-state index contributed by atoms with van der Waals surface area (Å²) in [6.45, 7) is 0.388. The smallest absolute Gasteiger partial charge is 0.363 e. The number of halogens is 3. The van der Waals surface area contributed by atoms with E-state index in [-0.39, 0.29) is 11.6 Å². The average Bonchev–Trinajstić information content (AvgIpc) is 3.10. The fourth-order valence-corrected chi connectivity index (χ4v) is 3.92. The Kier molecular flexibility index (Phi) is 6.55. The van der Waals surface area contributed by atoms with Gasteiger partial charge in [-0.2, -0.15) is 0 Å². The predicted molar refractivity (Wildman–Crippen MR) is 130 cm³/mol. The van der Waals surface area contributed by atoms with Crippen LogP contribution in [0, 0.1) is 3.57 Å². The molecule has 4 nitrogen and oxygen atoms in total. The molecule has 0 spiro atoms. The van der Waals surface area contributed by atoms with Crippen LogP contribution in [0.15, 0.2) is 81.9 Å². The van der Waals surface area contributed by atoms with Gasteiger partial charge in [-0.3, -0.25) is 0 Å². The number of benzene rings is 3. The molecule has 1 heterocycles. The van der Waals surface area contributed by atoms with Gasteiger partial charge >= 0.3 is 5.97 Å². The Morgan fingerprint density at radius 3 is 2.70 bits per heavy atom. The van der Waals surface area contributed by atoms with E-state index in [1.165, 1.54) is 0 Å². The Labute approximate surface area is 200 Å². The summed E-state index contributed by atoms with van der Waals surface area (Å²) in [6, 6.07) is 20.8. The summed E-state index contributed by atoms with van der Waals surface area (Å²) >= 11 is 11.9. The van der Waals surface area contributed by atoms with E-state index in [0.717, 1.165) is 19.2 Å². The monoisotopic (exact) mass is 593 g/mol. The van der Waals surface area contributed by atoms with Crippen molar-refractivity contribution in [1.82, 2.24) is 0 Å². The highest BCUT2D eigenvalue weighted by molar-refractivity contribution is 14.1. The Morgan fingerprint density at radius 2 is 1.87 bits per heavy atom. The molecular formula is C23H14BrClINO3. The van der Waals surface area contributed by atoms with Crippen LogP contribution in [0.4, 0.5) is 0 Å². The van der Waals surface area contributed by atoms with Gasteiger partial charge in [-0.25, -0.2) is 9.79 Å². The first-order valence-electron chi connectivity index (χ1n) is 8.94. The molecule has 0 bridgehead atoms. The van der Waals surface area contributed by atoms with Gasteiger partial charge in [-0.15, -0.1) is 0 Å². The Hall–Kier alpha value is -2.16. The summed E-state index contributed by atoms with van der Waals surface area (Å²) in [6.07, 6.45) is 1.66. The number of rotatable bonds is 5. The maximum Gasteiger partial charge on any atom is 0.363 e. The lowest BCUT2D eigenvalue weighted by Crippen LogP contribution is -2.06. The second kappa shape index (κ2) is 9.32. The molecule has 0 unspecified atom stereocenters. The van der Waals surface area contributed by atoms with Gasteiger partial charge in [0.1, 0.15) is 12.4 Å². The summed E-state index contributed by atoms with van der Waals surface area (Å²) in [5.41, 5.74) is 2.53. The van der Waals surface area contributed by atoms with E-state index in [2.05, 4.69) is 43.5 Å². The summed E-state index contributed by atoms with van der Waals surface area (Å²) < 4.78 is 13.3. The molecule has 3 aromatic carbocycles. The SMILES string of the molecule is O=C1OC(c2cc(I)ccc2Cl)=N/C1=C\c1ccccc1OCc1ccccc1Br. The molecule has 0 radical (unpaired) electrons. The molecule has 3 aromatic rings. The Bertz CT molecular complexity index is 1190. The molecule has 1 aliphatic heterocycles. The third kappa shape index (κ3) is 4.77. The maximum absolute atomic E-state index is 12.4. The zero-order valence-corrected chi connectivity index (χ0v) is 19.9. The fourth-order valence-electron chi connectivity index (χ4n) is 2.84. The number of carbonyl (C=O) groups is 1. The molecule has 0 N–H and O–H groups in total. The average molecular weight is 595 g/mol. The first kappa shape index (κ1) is 21.1. The van der Waals surface area contributed by atoms with Crippen LogP contribution in [0.1, 0.15) is 16.7 Å². The van der Waals surface area contributed by atoms with Crippen molar-refractivity contribution in [3.05, 3.63) is 102 Å². The van der Waals surface area contributed by atoms with Crippen LogP contribution < -0.4 is 4.74 Å². The van der Waals surface area contributed by atoms with Crippen molar-refractivity contribution in [2.45, 2.75) is 6.61 Å². The molecule has 0 fully saturated rings. The van der Waals surface area contributed by atoms with E-state index >= 15 is 0 Å². The van der Waals surface area contributed by atoms with Crippen LogP contribution in [0.2, 0.25) is 5.02 Å². The first-order valence-corrected chi connectivity index (χ1v) is 11.2.